The van der Waals surface area contributed by atoms with Gasteiger partial charge in [-0.15, -0.1) is 0 Å². The quantitative estimate of drug-likeness (QED) is 0.508. The predicted molar refractivity (Wildman–Crippen MR) is 57.6 cm³/mol. The molecule has 0 fully saturated rings. The average Bonchev–Trinajstić information content (AvgIpc) is 2.20. The van der Waals surface area contributed by atoms with E-state index in [9.17, 15) is 4.39 Å². The molecule has 0 aromatic rings. The molecule has 1 unspecified atom stereocenters. The average molecular weight is 196 g/mol. The van der Waals surface area contributed by atoms with Crippen LogP contribution in [0.3, 0.4) is 0 Å². The van der Waals surface area contributed by atoms with E-state index in [0.717, 1.165) is 18.5 Å². The van der Waals surface area contributed by atoms with Gasteiger partial charge in [0.1, 0.15) is 0 Å². The van der Waals surface area contributed by atoms with Gasteiger partial charge >= 0.3 is 0 Å². The first-order chi connectivity index (χ1) is 6.72. The number of nitrogens with two attached hydrogens (primary N) is 1. The fourth-order valence-electron chi connectivity index (χ4n) is 1.54. The summed E-state index contributed by atoms with van der Waals surface area (Å²) in [6.45, 7) is 2.07. The predicted octanol–water partition coefficient (Wildman–Crippen LogP) is 2.92. The van der Waals surface area contributed by atoms with Crippen LogP contribution in [0.25, 0.3) is 0 Å². The van der Waals surface area contributed by atoms with E-state index in [-0.39, 0.29) is 5.83 Å². The van der Waals surface area contributed by atoms with Crippen LogP contribution in [0, 0.1) is 5.92 Å². The van der Waals surface area contributed by atoms with Crippen LogP contribution in [-0.2, 0) is 0 Å². The van der Waals surface area contributed by atoms with E-state index >= 15 is 0 Å². The Hall–Kier alpha value is -1.12. The summed E-state index contributed by atoms with van der Waals surface area (Å²) in [5.41, 5.74) is 6.20. The summed E-state index contributed by atoms with van der Waals surface area (Å²) in [6.07, 6.45) is 7.89. The normalized spacial score (nSPS) is 32.3. The van der Waals surface area contributed by atoms with E-state index in [1.54, 1.807) is 6.08 Å². The summed E-state index contributed by atoms with van der Waals surface area (Å²) in [7, 11) is 0. The SMILES string of the molecule is CC1/C=C(/N=CN)CC/C=C(/F)CC1. The second kappa shape index (κ2) is 5.58. The molecule has 78 valence electrons. The molecule has 2 nitrogen and oxygen atoms in total. The van der Waals surface area contributed by atoms with Crippen molar-refractivity contribution in [3.63, 3.8) is 0 Å². The number of allylic oxidation sites excluding steroid dienone is 4. The maximum Gasteiger partial charge on any atom is 0.0960 e. The minimum atomic E-state index is 0.00299. The number of rotatable bonds is 1. The summed E-state index contributed by atoms with van der Waals surface area (Å²) in [6, 6.07) is 0. The van der Waals surface area contributed by atoms with Gasteiger partial charge in [0, 0.05) is 5.70 Å². The van der Waals surface area contributed by atoms with E-state index in [1.807, 2.05) is 0 Å². The molecule has 2 N–H and O–H groups in total. The Labute approximate surface area is 84.4 Å². The molecule has 0 aromatic carbocycles. The van der Waals surface area contributed by atoms with Crippen molar-refractivity contribution in [1.82, 2.24) is 0 Å². The van der Waals surface area contributed by atoms with Crippen molar-refractivity contribution in [2.75, 3.05) is 0 Å². The van der Waals surface area contributed by atoms with E-state index in [4.69, 9.17) is 5.73 Å². The minimum absolute atomic E-state index is 0.00299. The van der Waals surface area contributed by atoms with Crippen LogP contribution in [-0.4, -0.2) is 6.34 Å². The van der Waals surface area contributed by atoms with Crippen molar-refractivity contribution in [1.29, 1.82) is 0 Å². The van der Waals surface area contributed by atoms with Crippen molar-refractivity contribution >= 4 is 6.34 Å². The highest BCUT2D eigenvalue weighted by Gasteiger charge is 2.06. The van der Waals surface area contributed by atoms with Gasteiger partial charge in [-0.1, -0.05) is 19.1 Å². The zero-order valence-corrected chi connectivity index (χ0v) is 8.54. The van der Waals surface area contributed by atoms with Gasteiger partial charge in [0.25, 0.3) is 0 Å². The summed E-state index contributed by atoms with van der Waals surface area (Å²) in [5.74, 6) is 0.370. The molecule has 0 saturated heterocycles. The molecular formula is C11H17FN2. The molecule has 1 rings (SSSR count). The molecule has 0 aliphatic heterocycles. The fraction of sp³-hybridized carbons (Fsp3) is 0.545. The molecule has 0 radical (unpaired) electrons. The third-order valence-electron chi connectivity index (χ3n) is 2.32. The van der Waals surface area contributed by atoms with Crippen LogP contribution in [0.5, 0.6) is 0 Å². The van der Waals surface area contributed by atoms with Gasteiger partial charge in [0.05, 0.1) is 12.2 Å². The Bertz CT molecular complexity index is 266. The topological polar surface area (TPSA) is 38.4 Å². The second-order valence-corrected chi connectivity index (χ2v) is 3.64. The number of aliphatic imine (C=N–C) groups is 1. The van der Waals surface area contributed by atoms with Gasteiger partial charge in [0.2, 0.25) is 0 Å². The molecule has 1 aliphatic carbocycles. The molecule has 0 spiro atoms. The van der Waals surface area contributed by atoms with Crippen molar-refractivity contribution in [3.8, 4) is 0 Å². The van der Waals surface area contributed by atoms with E-state index in [2.05, 4.69) is 18.0 Å². The van der Waals surface area contributed by atoms with Gasteiger partial charge in [0.15, 0.2) is 0 Å². The maximum atomic E-state index is 13.1. The lowest BCUT2D eigenvalue weighted by Gasteiger charge is -2.05. The van der Waals surface area contributed by atoms with Crippen molar-refractivity contribution < 1.29 is 4.39 Å². The lowest BCUT2D eigenvalue weighted by molar-refractivity contribution is 0.535. The molecule has 1 aliphatic rings. The van der Waals surface area contributed by atoms with Crippen LogP contribution in [0.4, 0.5) is 4.39 Å². The highest BCUT2D eigenvalue weighted by molar-refractivity contribution is 5.53. The van der Waals surface area contributed by atoms with Gasteiger partial charge < -0.3 is 5.73 Å². The summed E-state index contributed by atoms with van der Waals surface area (Å²) in [4.78, 5) is 4.06. The van der Waals surface area contributed by atoms with Crippen LogP contribution in [0.15, 0.2) is 28.7 Å². The summed E-state index contributed by atoms with van der Waals surface area (Å²) >= 11 is 0. The van der Waals surface area contributed by atoms with Gasteiger partial charge in [-0.05, 0) is 31.6 Å². The minimum Gasteiger partial charge on any atom is -0.390 e. The Kier molecular flexibility index (Phi) is 4.36. The van der Waals surface area contributed by atoms with Crippen LogP contribution < -0.4 is 5.73 Å². The summed E-state index contributed by atoms with van der Waals surface area (Å²) < 4.78 is 13.1. The largest absolute Gasteiger partial charge is 0.390 e. The number of nitrogens with zero attached hydrogens (tertiary/aromatic N) is 1. The van der Waals surface area contributed by atoms with E-state index < -0.39 is 0 Å². The molecule has 14 heavy (non-hydrogen) atoms. The lowest BCUT2D eigenvalue weighted by Crippen LogP contribution is -1.94. The van der Waals surface area contributed by atoms with Gasteiger partial charge in [-0.3, -0.25) is 0 Å². The van der Waals surface area contributed by atoms with Gasteiger partial charge in [-0.25, -0.2) is 9.38 Å². The van der Waals surface area contributed by atoms with Crippen molar-refractivity contribution in [2.45, 2.75) is 32.6 Å². The highest BCUT2D eigenvalue weighted by Crippen LogP contribution is 2.21. The molecule has 0 heterocycles. The maximum absolute atomic E-state index is 13.1. The van der Waals surface area contributed by atoms with Gasteiger partial charge in [-0.2, -0.15) is 0 Å². The fourth-order valence-corrected chi connectivity index (χ4v) is 1.54. The molecule has 3 heteroatoms. The van der Waals surface area contributed by atoms with Crippen molar-refractivity contribution in [2.24, 2.45) is 16.6 Å². The van der Waals surface area contributed by atoms with Crippen LogP contribution >= 0.6 is 0 Å². The Balaban J connectivity index is 2.71. The standard InChI is InChI=1S/C11H17FN2/c1-9-5-6-10(12)3-2-4-11(7-9)14-8-13/h3,7-9H,2,4-6H2,1H3,(H2,13,14)/b10-3+,11-7+. The second-order valence-electron chi connectivity index (χ2n) is 3.64. The smallest absolute Gasteiger partial charge is 0.0960 e. The third kappa shape index (κ3) is 3.73. The van der Waals surface area contributed by atoms with E-state index in [0.29, 0.717) is 18.8 Å². The number of hydrogen-bond acceptors (Lipinski definition) is 1. The Morgan fingerprint density at radius 2 is 2.36 bits per heavy atom. The van der Waals surface area contributed by atoms with E-state index in [1.165, 1.54) is 6.34 Å². The first-order valence-electron chi connectivity index (χ1n) is 5.02. The first-order valence-corrected chi connectivity index (χ1v) is 5.02. The Morgan fingerprint density at radius 1 is 1.57 bits per heavy atom. The summed E-state index contributed by atoms with van der Waals surface area (Å²) in [5, 5.41) is 0. The molecule has 0 aromatic heterocycles. The Morgan fingerprint density at radius 3 is 3.07 bits per heavy atom. The zero-order valence-electron chi connectivity index (χ0n) is 8.54. The number of hydrogen-bond donors (Lipinski definition) is 1. The highest BCUT2D eigenvalue weighted by atomic mass is 19.1. The molecule has 0 amide bonds. The lowest BCUT2D eigenvalue weighted by atomic mass is 10.0. The number of halogens is 1. The monoisotopic (exact) mass is 196 g/mol. The zero-order chi connectivity index (χ0) is 10.4. The van der Waals surface area contributed by atoms with Crippen LogP contribution in [0.1, 0.15) is 32.6 Å². The third-order valence-corrected chi connectivity index (χ3v) is 2.32. The molecule has 1 atom stereocenters. The molecular weight excluding hydrogens is 179 g/mol. The first kappa shape index (κ1) is 11.0. The molecule has 0 bridgehead atoms. The molecule has 0 saturated carbocycles. The van der Waals surface area contributed by atoms with Crippen LogP contribution in [0.2, 0.25) is 0 Å². The van der Waals surface area contributed by atoms with Crippen molar-refractivity contribution in [3.05, 3.63) is 23.7 Å².